The third-order valence-corrected chi connectivity index (χ3v) is 3.11. The largest absolute Gasteiger partial charge is 0.494 e. The number of aliphatic hydroxyl groups excluding tert-OH is 1. The highest BCUT2D eigenvalue weighted by atomic mass is 79.9. The fraction of sp³-hybridized carbons (Fsp3) is 0.500. The number of aliphatic hydroxyl groups is 1. The molecule has 0 aliphatic carbocycles. The number of carbonyl (C=O) groups is 1. The van der Waals surface area contributed by atoms with Crippen molar-refractivity contribution < 1.29 is 24.1 Å². The molecule has 0 aliphatic rings. The zero-order chi connectivity index (χ0) is 15.0. The first-order valence-corrected chi connectivity index (χ1v) is 7.55. The SMILES string of the molecule is CCOC(=O)c1cc(OCC)ccc1OCC(O)CBr. The van der Waals surface area contributed by atoms with Gasteiger partial charge in [0.05, 0.1) is 19.3 Å². The predicted octanol–water partition coefficient (Wildman–Crippen LogP) is 2.40. The van der Waals surface area contributed by atoms with Gasteiger partial charge >= 0.3 is 5.97 Å². The molecule has 0 saturated carbocycles. The summed E-state index contributed by atoms with van der Waals surface area (Å²) in [5, 5.41) is 9.88. The summed E-state index contributed by atoms with van der Waals surface area (Å²) >= 11 is 3.15. The predicted molar refractivity (Wildman–Crippen MR) is 78.9 cm³/mol. The van der Waals surface area contributed by atoms with Gasteiger partial charge in [-0.3, -0.25) is 0 Å². The maximum Gasteiger partial charge on any atom is 0.342 e. The Morgan fingerprint density at radius 3 is 2.65 bits per heavy atom. The van der Waals surface area contributed by atoms with Crippen LogP contribution in [0.5, 0.6) is 11.5 Å². The van der Waals surface area contributed by atoms with Crippen molar-refractivity contribution in [1.29, 1.82) is 0 Å². The Bertz CT molecular complexity index is 436. The summed E-state index contributed by atoms with van der Waals surface area (Å²) in [5.41, 5.74) is 0.291. The van der Waals surface area contributed by atoms with Crippen LogP contribution in [0, 0.1) is 0 Å². The monoisotopic (exact) mass is 346 g/mol. The van der Waals surface area contributed by atoms with Gasteiger partial charge in [0.2, 0.25) is 0 Å². The summed E-state index contributed by atoms with van der Waals surface area (Å²) in [6.07, 6.45) is -0.642. The Kier molecular flexibility index (Phi) is 7.40. The van der Waals surface area contributed by atoms with Gasteiger partial charge in [0, 0.05) is 5.33 Å². The Labute approximate surface area is 127 Å². The van der Waals surface area contributed by atoms with Gasteiger partial charge in [-0.25, -0.2) is 4.79 Å². The van der Waals surface area contributed by atoms with E-state index >= 15 is 0 Å². The van der Waals surface area contributed by atoms with Crippen LogP contribution >= 0.6 is 15.9 Å². The molecule has 0 radical (unpaired) electrons. The van der Waals surface area contributed by atoms with Crippen LogP contribution in [0.2, 0.25) is 0 Å². The second kappa shape index (κ2) is 8.81. The minimum Gasteiger partial charge on any atom is -0.494 e. The molecular formula is C14H19BrO5. The van der Waals surface area contributed by atoms with E-state index < -0.39 is 12.1 Å². The summed E-state index contributed by atoms with van der Waals surface area (Å²) in [7, 11) is 0. The third-order valence-electron chi connectivity index (χ3n) is 2.37. The smallest absolute Gasteiger partial charge is 0.342 e. The highest BCUT2D eigenvalue weighted by molar-refractivity contribution is 9.09. The average molecular weight is 347 g/mol. The number of alkyl halides is 1. The second-order valence-electron chi connectivity index (χ2n) is 3.93. The van der Waals surface area contributed by atoms with Crippen molar-refractivity contribution in [2.24, 2.45) is 0 Å². The van der Waals surface area contributed by atoms with Crippen molar-refractivity contribution >= 4 is 21.9 Å². The zero-order valence-electron chi connectivity index (χ0n) is 11.6. The van der Waals surface area contributed by atoms with Gasteiger partial charge in [-0.1, -0.05) is 15.9 Å². The van der Waals surface area contributed by atoms with E-state index in [0.717, 1.165) is 0 Å². The fourth-order valence-electron chi connectivity index (χ4n) is 1.49. The molecule has 1 rings (SSSR count). The first kappa shape index (κ1) is 16.8. The number of carbonyl (C=O) groups excluding carboxylic acids is 1. The Morgan fingerprint density at radius 1 is 1.30 bits per heavy atom. The maximum atomic E-state index is 11.9. The Balaban J connectivity index is 2.93. The lowest BCUT2D eigenvalue weighted by Gasteiger charge is -2.14. The minimum atomic E-state index is -0.642. The average Bonchev–Trinajstić information content (AvgIpc) is 2.46. The van der Waals surface area contributed by atoms with Crippen LogP contribution in [-0.4, -0.2) is 42.3 Å². The van der Waals surface area contributed by atoms with E-state index in [1.165, 1.54) is 0 Å². The fourth-order valence-corrected chi connectivity index (χ4v) is 1.68. The normalized spacial score (nSPS) is 11.8. The van der Waals surface area contributed by atoms with Crippen LogP contribution < -0.4 is 9.47 Å². The summed E-state index contributed by atoms with van der Waals surface area (Å²) in [6, 6.07) is 4.93. The number of hydrogen-bond donors (Lipinski definition) is 1. The second-order valence-corrected chi connectivity index (χ2v) is 4.58. The molecule has 0 spiro atoms. The van der Waals surface area contributed by atoms with Crippen molar-refractivity contribution in [1.82, 2.24) is 0 Å². The molecule has 112 valence electrons. The molecule has 0 fully saturated rings. The molecule has 1 unspecified atom stereocenters. The zero-order valence-corrected chi connectivity index (χ0v) is 13.2. The lowest BCUT2D eigenvalue weighted by atomic mass is 10.2. The molecule has 1 aromatic rings. The van der Waals surface area contributed by atoms with Crippen LogP contribution in [0.25, 0.3) is 0 Å². The van der Waals surface area contributed by atoms with Crippen molar-refractivity contribution in [2.75, 3.05) is 25.2 Å². The summed E-state index contributed by atoms with van der Waals surface area (Å²) in [4.78, 5) is 11.9. The summed E-state index contributed by atoms with van der Waals surface area (Å²) in [6.45, 7) is 4.47. The lowest BCUT2D eigenvalue weighted by Crippen LogP contribution is -2.20. The molecule has 6 heteroatoms. The number of hydrogen-bond acceptors (Lipinski definition) is 5. The minimum absolute atomic E-state index is 0.0889. The van der Waals surface area contributed by atoms with Crippen LogP contribution in [0.1, 0.15) is 24.2 Å². The topological polar surface area (TPSA) is 65.0 Å². The number of rotatable bonds is 8. The molecule has 1 N–H and O–H groups in total. The molecule has 1 atom stereocenters. The molecule has 5 nitrogen and oxygen atoms in total. The highest BCUT2D eigenvalue weighted by Gasteiger charge is 2.16. The van der Waals surface area contributed by atoms with E-state index in [-0.39, 0.29) is 13.2 Å². The van der Waals surface area contributed by atoms with E-state index in [1.807, 2.05) is 6.92 Å². The van der Waals surface area contributed by atoms with E-state index in [9.17, 15) is 9.90 Å². The third kappa shape index (κ3) is 5.02. The number of halogens is 1. The molecule has 0 heterocycles. The van der Waals surface area contributed by atoms with Gasteiger partial charge < -0.3 is 19.3 Å². The van der Waals surface area contributed by atoms with Crippen LogP contribution in [0.3, 0.4) is 0 Å². The van der Waals surface area contributed by atoms with E-state index in [0.29, 0.717) is 29.0 Å². The van der Waals surface area contributed by atoms with E-state index in [1.54, 1.807) is 25.1 Å². The maximum absolute atomic E-state index is 11.9. The van der Waals surface area contributed by atoms with Crippen LogP contribution in [0.15, 0.2) is 18.2 Å². The van der Waals surface area contributed by atoms with Crippen molar-refractivity contribution in [2.45, 2.75) is 20.0 Å². The molecule has 0 aliphatic heterocycles. The van der Waals surface area contributed by atoms with Gasteiger partial charge in [-0.05, 0) is 32.0 Å². The highest BCUT2D eigenvalue weighted by Crippen LogP contribution is 2.25. The summed E-state index contributed by atoms with van der Waals surface area (Å²) in [5.74, 6) is 0.466. The summed E-state index contributed by atoms with van der Waals surface area (Å²) < 4.78 is 15.8. The van der Waals surface area contributed by atoms with Gasteiger partial charge in [-0.15, -0.1) is 0 Å². The number of ether oxygens (including phenoxy) is 3. The Hall–Kier alpha value is -1.27. The first-order valence-electron chi connectivity index (χ1n) is 6.43. The number of benzene rings is 1. The Morgan fingerprint density at radius 2 is 2.05 bits per heavy atom. The van der Waals surface area contributed by atoms with Gasteiger partial charge in [-0.2, -0.15) is 0 Å². The molecule has 20 heavy (non-hydrogen) atoms. The van der Waals surface area contributed by atoms with Gasteiger partial charge in [0.15, 0.2) is 0 Å². The molecular weight excluding hydrogens is 328 g/mol. The standard InChI is InChI=1S/C14H19BrO5/c1-3-18-11-5-6-13(20-9-10(16)8-15)12(7-11)14(17)19-4-2/h5-7,10,16H,3-4,8-9H2,1-2H3. The molecule has 1 aromatic carbocycles. The van der Waals surface area contributed by atoms with Crippen molar-refractivity contribution in [3.63, 3.8) is 0 Å². The molecule has 0 aromatic heterocycles. The quantitative estimate of drug-likeness (QED) is 0.578. The van der Waals surface area contributed by atoms with Crippen molar-refractivity contribution in [3.8, 4) is 11.5 Å². The number of esters is 1. The van der Waals surface area contributed by atoms with Crippen LogP contribution in [0.4, 0.5) is 0 Å². The lowest BCUT2D eigenvalue weighted by molar-refractivity contribution is 0.0517. The van der Waals surface area contributed by atoms with Gasteiger partial charge in [0.25, 0.3) is 0 Å². The molecule has 0 bridgehead atoms. The molecule has 0 saturated heterocycles. The van der Waals surface area contributed by atoms with E-state index in [4.69, 9.17) is 14.2 Å². The van der Waals surface area contributed by atoms with Crippen LogP contribution in [-0.2, 0) is 4.74 Å². The molecule has 0 amide bonds. The first-order chi connectivity index (χ1) is 9.62. The van der Waals surface area contributed by atoms with E-state index in [2.05, 4.69) is 15.9 Å². The van der Waals surface area contributed by atoms with Gasteiger partial charge in [0.1, 0.15) is 23.7 Å². The van der Waals surface area contributed by atoms with Crippen molar-refractivity contribution in [3.05, 3.63) is 23.8 Å².